The largest absolute Gasteiger partial charge is 0.507 e. The van der Waals surface area contributed by atoms with Crippen molar-refractivity contribution >= 4 is 12.0 Å². The Morgan fingerprint density at radius 3 is 2.94 bits per heavy atom. The van der Waals surface area contributed by atoms with Crippen molar-refractivity contribution in [3.05, 3.63) is 45.8 Å². The molecule has 0 atom stereocenters. The summed E-state index contributed by atoms with van der Waals surface area (Å²) in [5.74, 6) is -1.43. The van der Waals surface area contributed by atoms with Crippen molar-refractivity contribution in [1.82, 2.24) is 0 Å². The molecule has 0 aliphatic rings. The number of hydrogen-bond acceptors (Lipinski definition) is 3. The quantitative estimate of drug-likeness (QED) is 0.353. The number of carboxylic acids is 1. The first-order valence-corrected chi connectivity index (χ1v) is 4.89. The third-order valence-corrected chi connectivity index (χ3v) is 2.02. The van der Waals surface area contributed by atoms with Crippen LogP contribution in [0.1, 0.15) is 22.3 Å². The molecule has 1 aromatic rings. The van der Waals surface area contributed by atoms with Gasteiger partial charge in [0.1, 0.15) is 11.3 Å². The normalized spacial score (nSPS) is 10.1. The van der Waals surface area contributed by atoms with Gasteiger partial charge in [-0.15, -0.1) is 0 Å². The van der Waals surface area contributed by atoms with Crippen molar-refractivity contribution in [2.75, 3.05) is 6.54 Å². The molecule has 0 amide bonds. The highest BCUT2D eigenvalue weighted by molar-refractivity contribution is 5.91. The predicted molar refractivity (Wildman–Crippen MR) is 62.7 cm³/mol. The van der Waals surface area contributed by atoms with Crippen LogP contribution in [0.3, 0.4) is 0 Å². The lowest BCUT2D eigenvalue weighted by atomic mass is 10.1. The zero-order chi connectivity index (χ0) is 12.7. The lowest BCUT2D eigenvalue weighted by molar-refractivity contribution is 0.0693. The number of benzene rings is 1. The molecular weight excluding hydrogens is 222 g/mol. The van der Waals surface area contributed by atoms with E-state index < -0.39 is 5.97 Å². The van der Waals surface area contributed by atoms with E-state index in [1.807, 2.05) is 0 Å². The van der Waals surface area contributed by atoms with E-state index in [0.29, 0.717) is 18.5 Å². The van der Waals surface area contributed by atoms with Gasteiger partial charge < -0.3 is 10.2 Å². The molecule has 6 nitrogen and oxygen atoms in total. The van der Waals surface area contributed by atoms with Crippen molar-refractivity contribution in [1.29, 1.82) is 0 Å². The lowest BCUT2D eigenvalue weighted by Crippen LogP contribution is -1.96. The molecule has 88 valence electrons. The smallest absolute Gasteiger partial charge is 0.339 e. The van der Waals surface area contributed by atoms with E-state index in [1.54, 1.807) is 18.2 Å². The number of aromatic carboxylic acids is 1. The van der Waals surface area contributed by atoms with Crippen LogP contribution in [0.2, 0.25) is 0 Å². The summed E-state index contributed by atoms with van der Waals surface area (Å²) in [4.78, 5) is 13.4. The molecule has 0 radical (unpaired) electrons. The molecule has 0 saturated heterocycles. The summed E-state index contributed by atoms with van der Waals surface area (Å²) >= 11 is 0. The fraction of sp³-hybridized carbons (Fsp3) is 0.182. The first kappa shape index (κ1) is 12.6. The third kappa shape index (κ3) is 3.89. The van der Waals surface area contributed by atoms with Crippen molar-refractivity contribution in [3.63, 3.8) is 0 Å². The van der Waals surface area contributed by atoms with Crippen molar-refractivity contribution in [2.24, 2.45) is 5.11 Å². The molecule has 2 N–H and O–H groups in total. The van der Waals surface area contributed by atoms with Gasteiger partial charge in [0.15, 0.2) is 0 Å². The van der Waals surface area contributed by atoms with Crippen LogP contribution in [0.4, 0.5) is 0 Å². The molecule has 1 aromatic carbocycles. The Morgan fingerprint density at radius 1 is 1.53 bits per heavy atom. The highest BCUT2D eigenvalue weighted by atomic mass is 16.4. The van der Waals surface area contributed by atoms with Gasteiger partial charge in [0.05, 0.1) is 0 Å². The van der Waals surface area contributed by atoms with E-state index >= 15 is 0 Å². The number of nitrogens with zero attached hydrogens (tertiary/aromatic N) is 3. The molecule has 0 aliphatic carbocycles. The van der Waals surface area contributed by atoms with Gasteiger partial charge in [-0.3, -0.25) is 0 Å². The third-order valence-electron chi connectivity index (χ3n) is 2.02. The molecule has 0 saturated carbocycles. The lowest BCUT2D eigenvalue weighted by Gasteiger charge is -2.00. The van der Waals surface area contributed by atoms with Crippen molar-refractivity contribution < 1.29 is 15.0 Å². The number of phenols is 1. The standard InChI is InChI=1S/C11H11N3O3/c12-14-13-6-2-1-3-8-4-5-10(15)9(7-8)11(16)17/h1,3-5,7,15H,2,6H2,(H,16,17). The molecule has 0 spiro atoms. The van der Waals surface area contributed by atoms with Gasteiger partial charge in [-0.2, -0.15) is 0 Å². The van der Waals surface area contributed by atoms with Gasteiger partial charge in [-0.1, -0.05) is 23.3 Å². The molecule has 6 heteroatoms. The average Bonchev–Trinajstić information content (AvgIpc) is 2.30. The van der Waals surface area contributed by atoms with Crippen LogP contribution in [0, 0.1) is 0 Å². The molecule has 17 heavy (non-hydrogen) atoms. The van der Waals surface area contributed by atoms with E-state index in [9.17, 15) is 9.90 Å². The summed E-state index contributed by atoms with van der Waals surface area (Å²) in [6.07, 6.45) is 4.05. The van der Waals surface area contributed by atoms with Gasteiger partial charge in [0, 0.05) is 11.5 Å². The van der Waals surface area contributed by atoms with E-state index in [-0.39, 0.29) is 11.3 Å². The fourth-order valence-electron chi connectivity index (χ4n) is 1.23. The highest BCUT2D eigenvalue weighted by Crippen LogP contribution is 2.19. The zero-order valence-electron chi connectivity index (χ0n) is 8.95. The minimum absolute atomic E-state index is 0.137. The minimum atomic E-state index is -1.17. The Hall–Kier alpha value is -2.46. The topological polar surface area (TPSA) is 106 Å². The van der Waals surface area contributed by atoms with Crippen molar-refractivity contribution in [3.8, 4) is 5.75 Å². The van der Waals surface area contributed by atoms with E-state index in [0.717, 1.165) is 0 Å². The number of hydrogen-bond donors (Lipinski definition) is 2. The maximum Gasteiger partial charge on any atom is 0.339 e. The first-order valence-electron chi connectivity index (χ1n) is 4.89. The summed E-state index contributed by atoms with van der Waals surface area (Å²) in [5, 5.41) is 21.4. The molecule has 0 heterocycles. The summed E-state index contributed by atoms with van der Waals surface area (Å²) in [5.41, 5.74) is 8.58. The Kier molecular flexibility index (Phi) is 4.59. The molecule has 0 unspecified atom stereocenters. The average molecular weight is 233 g/mol. The Bertz CT molecular complexity index is 491. The maximum absolute atomic E-state index is 10.7. The molecule has 0 bridgehead atoms. The predicted octanol–water partition coefficient (Wildman–Crippen LogP) is 2.80. The number of carbonyl (C=O) groups is 1. The Morgan fingerprint density at radius 2 is 2.29 bits per heavy atom. The monoisotopic (exact) mass is 233 g/mol. The second-order valence-corrected chi connectivity index (χ2v) is 3.23. The summed E-state index contributed by atoms with van der Waals surface area (Å²) in [6, 6.07) is 4.31. The summed E-state index contributed by atoms with van der Waals surface area (Å²) in [7, 11) is 0. The van der Waals surface area contributed by atoms with Crippen LogP contribution in [-0.2, 0) is 0 Å². The number of aromatic hydroxyl groups is 1. The molecule has 0 aromatic heterocycles. The van der Waals surface area contributed by atoms with Crippen LogP contribution in [-0.4, -0.2) is 22.7 Å². The summed E-state index contributed by atoms with van der Waals surface area (Å²) in [6.45, 7) is 0.358. The van der Waals surface area contributed by atoms with Crippen molar-refractivity contribution in [2.45, 2.75) is 6.42 Å². The van der Waals surface area contributed by atoms with Crippen LogP contribution >= 0.6 is 0 Å². The molecule has 1 rings (SSSR count). The Balaban J connectivity index is 2.75. The number of carboxylic acid groups (broad SMARTS) is 1. The molecular formula is C11H11N3O3. The molecule has 0 aliphatic heterocycles. The van der Waals surface area contributed by atoms with E-state index in [4.69, 9.17) is 10.6 Å². The Labute approximate surface area is 97.5 Å². The van der Waals surface area contributed by atoms with Crippen LogP contribution < -0.4 is 0 Å². The van der Waals surface area contributed by atoms with Gasteiger partial charge >= 0.3 is 5.97 Å². The van der Waals surface area contributed by atoms with E-state index in [1.165, 1.54) is 12.1 Å². The van der Waals surface area contributed by atoms with Crippen LogP contribution in [0.5, 0.6) is 5.75 Å². The van der Waals surface area contributed by atoms with Gasteiger partial charge in [-0.25, -0.2) is 4.79 Å². The highest BCUT2D eigenvalue weighted by Gasteiger charge is 2.08. The first-order chi connectivity index (χ1) is 8.15. The zero-order valence-corrected chi connectivity index (χ0v) is 8.95. The molecule has 0 fully saturated rings. The summed E-state index contributed by atoms with van der Waals surface area (Å²) < 4.78 is 0. The van der Waals surface area contributed by atoms with Gasteiger partial charge in [-0.05, 0) is 29.6 Å². The van der Waals surface area contributed by atoms with Crippen LogP contribution in [0.25, 0.3) is 16.5 Å². The van der Waals surface area contributed by atoms with E-state index in [2.05, 4.69) is 10.0 Å². The maximum atomic E-state index is 10.7. The second kappa shape index (κ2) is 6.19. The fourth-order valence-corrected chi connectivity index (χ4v) is 1.23. The minimum Gasteiger partial charge on any atom is -0.507 e. The van der Waals surface area contributed by atoms with Gasteiger partial charge in [0.25, 0.3) is 0 Å². The number of azide groups is 1. The SMILES string of the molecule is [N-]=[N+]=NCCC=Cc1ccc(O)c(C(=O)O)c1. The van der Waals surface area contributed by atoms with Gasteiger partial charge in [0.2, 0.25) is 0 Å². The van der Waals surface area contributed by atoms with Crippen LogP contribution in [0.15, 0.2) is 29.4 Å². The second-order valence-electron chi connectivity index (χ2n) is 3.23. The number of rotatable bonds is 5.